The zero-order chi connectivity index (χ0) is 18.9. The van der Waals surface area contributed by atoms with Crippen molar-refractivity contribution in [1.82, 2.24) is 5.32 Å². The second-order valence-corrected chi connectivity index (χ2v) is 5.24. The van der Waals surface area contributed by atoms with Crippen molar-refractivity contribution in [2.24, 2.45) is 0 Å². The molecule has 26 heavy (non-hydrogen) atoms. The minimum atomic E-state index is -0.331. The molecule has 0 atom stereocenters. The number of benzene rings is 2. The average molecular weight is 359 g/mol. The third-order valence-electron chi connectivity index (χ3n) is 3.67. The number of methoxy groups -OCH3 is 3. The number of hydrogen-bond acceptors (Lipinski definition) is 6. The quantitative estimate of drug-likeness (QED) is 0.691. The lowest BCUT2D eigenvalue weighted by molar-refractivity contribution is -0.123. The maximum Gasteiger partial charge on any atom is 0.258 e. The van der Waals surface area contributed by atoms with Gasteiger partial charge in [0.15, 0.2) is 24.4 Å². The van der Waals surface area contributed by atoms with Gasteiger partial charge >= 0.3 is 0 Å². The molecular weight excluding hydrogens is 338 g/mol. The fraction of sp³-hybridized carbons (Fsp3) is 0.263. The number of hydrogen-bond donors (Lipinski definition) is 1. The van der Waals surface area contributed by atoms with Gasteiger partial charge in [0.05, 0.1) is 26.9 Å². The van der Waals surface area contributed by atoms with E-state index in [0.29, 0.717) is 34.8 Å². The van der Waals surface area contributed by atoms with E-state index in [1.54, 1.807) is 36.4 Å². The predicted molar refractivity (Wildman–Crippen MR) is 95.3 cm³/mol. The highest BCUT2D eigenvalue weighted by atomic mass is 16.5. The Morgan fingerprint density at radius 3 is 2.27 bits per heavy atom. The summed E-state index contributed by atoms with van der Waals surface area (Å²) in [6.07, 6.45) is 0.682. The van der Waals surface area contributed by atoms with Crippen LogP contribution in [0.15, 0.2) is 36.4 Å². The molecule has 0 aliphatic carbocycles. The fourth-order valence-corrected chi connectivity index (χ4v) is 2.33. The van der Waals surface area contributed by atoms with E-state index in [0.717, 1.165) is 5.56 Å². The Bertz CT molecular complexity index is 775. The van der Waals surface area contributed by atoms with Crippen LogP contribution in [0.2, 0.25) is 0 Å². The van der Waals surface area contributed by atoms with Crippen LogP contribution in [0.25, 0.3) is 0 Å². The molecule has 0 radical (unpaired) electrons. The first kappa shape index (κ1) is 19.1. The van der Waals surface area contributed by atoms with Gasteiger partial charge < -0.3 is 24.3 Å². The lowest BCUT2D eigenvalue weighted by Crippen LogP contribution is -2.28. The number of ether oxygens (including phenoxy) is 4. The van der Waals surface area contributed by atoms with Gasteiger partial charge in [-0.3, -0.25) is 9.59 Å². The predicted octanol–water partition coefficient (Wildman–Crippen LogP) is 2.22. The van der Waals surface area contributed by atoms with Crippen molar-refractivity contribution in [2.75, 3.05) is 27.9 Å². The van der Waals surface area contributed by atoms with Crippen molar-refractivity contribution in [2.45, 2.75) is 6.54 Å². The van der Waals surface area contributed by atoms with Crippen molar-refractivity contribution >= 4 is 12.2 Å². The summed E-state index contributed by atoms with van der Waals surface area (Å²) in [4.78, 5) is 23.0. The summed E-state index contributed by atoms with van der Waals surface area (Å²) in [6.45, 7) is 0.0154. The standard InChI is InChI=1S/C19H21NO6/c1-23-16-9-18(25-3)17(24-2)8-14(16)10-20-19(22)12-26-15-7-5-4-6-13(15)11-21/h4-9,11H,10,12H2,1-3H3,(H,20,22). The maximum atomic E-state index is 12.0. The normalized spacial score (nSPS) is 9.96. The smallest absolute Gasteiger partial charge is 0.258 e. The number of carbonyl (C=O) groups is 2. The van der Waals surface area contributed by atoms with Crippen LogP contribution in [0.1, 0.15) is 15.9 Å². The summed E-state index contributed by atoms with van der Waals surface area (Å²) in [7, 11) is 4.60. The van der Waals surface area contributed by atoms with E-state index in [1.165, 1.54) is 21.3 Å². The molecule has 2 aromatic rings. The molecule has 2 rings (SSSR count). The fourth-order valence-electron chi connectivity index (χ4n) is 2.33. The SMILES string of the molecule is COc1cc(OC)c(OC)cc1CNC(=O)COc1ccccc1C=O. The Kier molecular flexibility index (Phi) is 6.84. The van der Waals surface area contributed by atoms with Gasteiger partial charge in [-0.15, -0.1) is 0 Å². The molecule has 0 unspecified atom stereocenters. The van der Waals surface area contributed by atoms with Gasteiger partial charge in [0.25, 0.3) is 5.91 Å². The highest BCUT2D eigenvalue weighted by molar-refractivity contribution is 5.80. The van der Waals surface area contributed by atoms with Gasteiger partial charge in [0, 0.05) is 18.2 Å². The van der Waals surface area contributed by atoms with Crippen LogP contribution < -0.4 is 24.3 Å². The Balaban J connectivity index is 1.99. The molecule has 7 nitrogen and oxygen atoms in total. The summed E-state index contributed by atoms with van der Waals surface area (Å²) in [5, 5.41) is 2.74. The molecule has 1 amide bonds. The molecule has 0 aromatic heterocycles. The lowest BCUT2D eigenvalue weighted by Gasteiger charge is -2.15. The Morgan fingerprint density at radius 2 is 1.62 bits per heavy atom. The zero-order valence-electron chi connectivity index (χ0n) is 14.9. The van der Waals surface area contributed by atoms with Gasteiger partial charge in [-0.1, -0.05) is 12.1 Å². The molecule has 0 aliphatic heterocycles. The number of amides is 1. The molecule has 0 spiro atoms. The van der Waals surface area contributed by atoms with Crippen LogP contribution in [-0.4, -0.2) is 40.1 Å². The van der Waals surface area contributed by atoms with Crippen LogP contribution in [0.5, 0.6) is 23.0 Å². The molecule has 1 N–H and O–H groups in total. The molecule has 0 saturated carbocycles. The largest absolute Gasteiger partial charge is 0.496 e. The van der Waals surface area contributed by atoms with Crippen molar-refractivity contribution in [1.29, 1.82) is 0 Å². The average Bonchev–Trinajstić information content (AvgIpc) is 2.69. The van der Waals surface area contributed by atoms with Crippen LogP contribution in [-0.2, 0) is 11.3 Å². The van der Waals surface area contributed by atoms with Gasteiger partial charge in [0.1, 0.15) is 11.5 Å². The van der Waals surface area contributed by atoms with E-state index in [-0.39, 0.29) is 19.1 Å². The first-order chi connectivity index (χ1) is 12.6. The minimum Gasteiger partial charge on any atom is -0.496 e. The van der Waals surface area contributed by atoms with E-state index in [4.69, 9.17) is 18.9 Å². The van der Waals surface area contributed by atoms with Crippen LogP contribution in [0.4, 0.5) is 0 Å². The highest BCUT2D eigenvalue weighted by Gasteiger charge is 2.13. The van der Waals surface area contributed by atoms with E-state index in [2.05, 4.69) is 5.32 Å². The lowest BCUT2D eigenvalue weighted by atomic mass is 10.1. The van der Waals surface area contributed by atoms with Crippen LogP contribution in [0.3, 0.4) is 0 Å². The number of nitrogens with one attached hydrogen (secondary N) is 1. The van der Waals surface area contributed by atoms with Crippen molar-refractivity contribution in [3.05, 3.63) is 47.5 Å². The van der Waals surface area contributed by atoms with Crippen LogP contribution in [0, 0.1) is 0 Å². The molecule has 0 heterocycles. The first-order valence-corrected chi connectivity index (χ1v) is 7.85. The molecule has 2 aromatic carbocycles. The number of para-hydroxylation sites is 1. The molecule has 7 heteroatoms. The Morgan fingerprint density at radius 1 is 0.962 bits per heavy atom. The summed E-state index contributed by atoms with van der Waals surface area (Å²) in [6, 6.07) is 10.1. The third-order valence-corrected chi connectivity index (χ3v) is 3.67. The summed E-state index contributed by atoms with van der Waals surface area (Å²) >= 11 is 0. The van der Waals surface area contributed by atoms with E-state index in [1.807, 2.05) is 0 Å². The Labute approximate surface area is 151 Å². The summed E-state index contributed by atoms with van der Waals surface area (Å²) < 4.78 is 21.2. The Hall–Kier alpha value is -3.22. The second kappa shape index (κ2) is 9.31. The molecule has 0 fully saturated rings. The monoisotopic (exact) mass is 359 g/mol. The summed E-state index contributed by atoms with van der Waals surface area (Å²) in [5.41, 5.74) is 1.12. The van der Waals surface area contributed by atoms with Gasteiger partial charge in [-0.25, -0.2) is 0 Å². The van der Waals surface area contributed by atoms with E-state index in [9.17, 15) is 9.59 Å². The van der Waals surface area contributed by atoms with Crippen LogP contribution >= 0.6 is 0 Å². The van der Waals surface area contributed by atoms with Gasteiger partial charge in [-0.2, -0.15) is 0 Å². The topological polar surface area (TPSA) is 83.1 Å². The van der Waals surface area contributed by atoms with Crippen molar-refractivity contribution in [3.8, 4) is 23.0 Å². The minimum absolute atomic E-state index is 0.208. The maximum absolute atomic E-state index is 12.0. The van der Waals surface area contributed by atoms with E-state index < -0.39 is 0 Å². The molecule has 138 valence electrons. The molecule has 0 saturated heterocycles. The summed E-state index contributed by atoms with van der Waals surface area (Å²) in [5.74, 6) is 1.67. The molecule has 0 bridgehead atoms. The van der Waals surface area contributed by atoms with E-state index >= 15 is 0 Å². The van der Waals surface area contributed by atoms with Crippen molar-refractivity contribution < 1.29 is 28.5 Å². The van der Waals surface area contributed by atoms with Crippen molar-refractivity contribution in [3.63, 3.8) is 0 Å². The van der Waals surface area contributed by atoms with Gasteiger partial charge in [0.2, 0.25) is 0 Å². The molecule has 0 aliphatic rings. The number of carbonyl (C=O) groups excluding carboxylic acids is 2. The van der Waals surface area contributed by atoms with Gasteiger partial charge in [-0.05, 0) is 18.2 Å². The first-order valence-electron chi connectivity index (χ1n) is 7.85. The second-order valence-electron chi connectivity index (χ2n) is 5.24. The molecular formula is C19H21NO6. The highest BCUT2D eigenvalue weighted by Crippen LogP contribution is 2.34. The zero-order valence-corrected chi connectivity index (χ0v) is 14.9. The third kappa shape index (κ3) is 4.66. The number of rotatable bonds is 9. The number of aldehydes is 1.